The standard InChI is InChI=1S/C14H17ClN4O2/c1-11(19-10-16-9-17-19)14(20)18(2)7-8-21-13-6-4-3-5-12(13)15/h3-6,9-11H,7-8H2,1-2H3/t11-/m0/s1. The highest BCUT2D eigenvalue weighted by Crippen LogP contribution is 2.22. The first-order valence-corrected chi connectivity index (χ1v) is 6.94. The summed E-state index contributed by atoms with van der Waals surface area (Å²) in [5, 5.41) is 4.53. The number of para-hydroxylation sites is 1. The van der Waals surface area contributed by atoms with Crippen molar-refractivity contribution < 1.29 is 9.53 Å². The zero-order valence-corrected chi connectivity index (χ0v) is 12.7. The van der Waals surface area contributed by atoms with Gasteiger partial charge < -0.3 is 9.64 Å². The number of likely N-dealkylation sites (N-methyl/N-ethyl adjacent to an activating group) is 1. The molecule has 0 unspecified atom stereocenters. The molecule has 1 atom stereocenters. The molecule has 2 rings (SSSR count). The molecule has 6 nitrogen and oxygen atoms in total. The maximum absolute atomic E-state index is 12.2. The Bertz CT molecular complexity index is 588. The Labute approximate surface area is 128 Å². The number of benzene rings is 1. The van der Waals surface area contributed by atoms with Crippen LogP contribution in [0, 0.1) is 0 Å². The van der Waals surface area contributed by atoms with E-state index in [0.29, 0.717) is 23.9 Å². The number of hydrogen-bond donors (Lipinski definition) is 0. The Morgan fingerprint density at radius 1 is 1.48 bits per heavy atom. The van der Waals surface area contributed by atoms with E-state index in [1.807, 2.05) is 12.1 Å². The van der Waals surface area contributed by atoms with Crippen LogP contribution >= 0.6 is 11.6 Å². The number of aromatic nitrogens is 3. The van der Waals surface area contributed by atoms with Crippen LogP contribution < -0.4 is 4.74 Å². The van der Waals surface area contributed by atoms with Crippen LogP contribution in [-0.2, 0) is 4.79 Å². The third-order valence-electron chi connectivity index (χ3n) is 3.09. The zero-order valence-electron chi connectivity index (χ0n) is 11.9. The van der Waals surface area contributed by atoms with Crippen molar-refractivity contribution in [1.82, 2.24) is 19.7 Å². The maximum atomic E-state index is 12.2. The number of rotatable bonds is 6. The van der Waals surface area contributed by atoms with E-state index in [9.17, 15) is 4.79 Å². The molecule has 0 fully saturated rings. The molecule has 1 amide bonds. The lowest BCUT2D eigenvalue weighted by molar-refractivity contribution is -0.133. The topological polar surface area (TPSA) is 60.2 Å². The fraction of sp³-hybridized carbons (Fsp3) is 0.357. The predicted octanol–water partition coefficient (Wildman–Crippen LogP) is 2.03. The lowest BCUT2D eigenvalue weighted by Gasteiger charge is -2.21. The second-order valence-electron chi connectivity index (χ2n) is 4.59. The molecule has 1 aromatic heterocycles. The SMILES string of the molecule is C[C@@H](C(=O)N(C)CCOc1ccccc1Cl)n1cncn1. The zero-order chi connectivity index (χ0) is 15.2. The average molecular weight is 309 g/mol. The lowest BCUT2D eigenvalue weighted by Crippen LogP contribution is -2.36. The number of nitrogens with zero attached hydrogens (tertiary/aromatic N) is 4. The van der Waals surface area contributed by atoms with Gasteiger partial charge in [0.2, 0.25) is 5.91 Å². The third kappa shape index (κ3) is 3.95. The van der Waals surface area contributed by atoms with Gasteiger partial charge in [-0.2, -0.15) is 5.10 Å². The summed E-state index contributed by atoms with van der Waals surface area (Å²) in [7, 11) is 1.73. The van der Waals surface area contributed by atoms with E-state index in [1.165, 1.54) is 17.3 Å². The fourth-order valence-electron chi connectivity index (χ4n) is 1.81. The average Bonchev–Trinajstić information content (AvgIpc) is 3.01. The molecule has 1 aromatic carbocycles. The molecule has 7 heteroatoms. The molecule has 0 aliphatic heterocycles. The van der Waals surface area contributed by atoms with Crippen molar-refractivity contribution in [2.45, 2.75) is 13.0 Å². The smallest absolute Gasteiger partial charge is 0.247 e. The van der Waals surface area contributed by atoms with Gasteiger partial charge in [0.15, 0.2) is 0 Å². The molecule has 0 aliphatic rings. The molecule has 21 heavy (non-hydrogen) atoms. The summed E-state index contributed by atoms with van der Waals surface area (Å²) in [5.41, 5.74) is 0. The van der Waals surface area contributed by atoms with Gasteiger partial charge in [0, 0.05) is 7.05 Å². The van der Waals surface area contributed by atoms with Crippen LogP contribution in [0.2, 0.25) is 5.02 Å². The van der Waals surface area contributed by atoms with E-state index >= 15 is 0 Å². The highest BCUT2D eigenvalue weighted by molar-refractivity contribution is 6.32. The third-order valence-corrected chi connectivity index (χ3v) is 3.40. The number of carbonyl (C=O) groups excluding carboxylic acids is 1. The summed E-state index contributed by atoms with van der Waals surface area (Å²) >= 11 is 6.00. The van der Waals surface area contributed by atoms with E-state index < -0.39 is 6.04 Å². The summed E-state index contributed by atoms with van der Waals surface area (Å²) in [6.45, 7) is 2.61. The molecule has 0 saturated heterocycles. The number of amides is 1. The van der Waals surface area contributed by atoms with E-state index in [-0.39, 0.29) is 5.91 Å². The minimum Gasteiger partial charge on any atom is -0.490 e. The van der Waals surface area contributed by atoms with Crippen molar-refractivity contribution in [1.29, 1.82) is 0 Å². The van der Waals surface area contributed by atoms with Gasteiger partial charge in [-0.25, -0.2) is 9.67 Å². The van der Waals surface area contributed by atoms with Gasteiger partial charge in [0.05, 0.1) is 11.6 Å². The van der Waals surface area contributed by atoms with Gasteiger partial charge in [0.25, 0.3) is 0 Å². The van der Waals surface area contributed by atoms with Crippen molar-refractivity contribution in [2.24, 2.45) is 0 Å². The first-order valence-electron chi connectivity index (χ1n) is 6.56. The first kappa shape index (κ1) is 15.3. The second kappa shape index (κ2) is 7.08. The number of halogens is 1. The van der Waals surface area contributed by atoms with Crippen LogP contribution in [0.4, 0.5) is 0 Å². The summed E-state index contributed by atoms with van der Waals surface area (Å²) in [6.07, 6.45) is 2.93. The van der Waals surface area contributed by atoms with Gasteiger partial charge in [-0.3, -0.25) is 4.79 Å². The van der Waals surface area contributed by atoms with Crippen molar-refractivity contribution in [3.05, 3.63) is 41.9 Å². The molecular weight excluding hydrogens is 292 g/mol. The Balaban J connectivity index is 1.83. The van der Waals surface area contributed by atoms with Crippen LogP contribution in [0.3, 0.4) is 0 Å². The Kier molecular flexibility index (Phi) is 5.16. The van der Waals surface area contributed by atoms with Gasteiger partial charge in [-0.15, -0.1) is 0 Å². The molecular formula is C14H17ClN4O2. The number of hydrogen-bond acceptors (Lipinski definition) is 4. The summed E-state index contributed by atoms with van der Waals surface area (Å²) in [5.74, 6) is 0.563. The summed E-state index contributed by atoms with van der Waals surface area (Å²) < 4.78 is 7.09. The fourth-order valence-corrected chi connectivity index (χ4v) is 2.00. The van der Waals surface area contributed by atoms with E-state index in [2.05, 4.69) is 10.1 Å². The molecule has 0 saturated carbocycles. The van der Waals surface area contributed by atoms with Crippen LogP contribution in [0.15, 0.2) is 36.9 Å². The van der Waals surface area contributed by atoms with Gasteiger partial charge in [0.1, 0.15) is 31.1 Å². The lowest BCUT2D eigenvalue weighted by atomic mass is 10.3. The van der Waals surface area contributed by atoms with Crippen LogP contribution in [0.5, 0.6) is 5.75 Å². The first-order chi connectivity index (χ1) is 10.1. The van der Waals surface area contributed by atoms with Crippen molar-refractivity contribution in [3.63, 3.8) is 0 Å². The highest BCUT2D eigenvalue weighted by atomic mass is 35.5. The van der Waals surface area contributed by atoms with E-state index in [1.54, 1.807) is 31.0 Å². The van der Waals surface area contributed by atoms with Crippen molar-refractivity contribution >= 4 is 17.5 Å². The minimum atomic E-state index is -0.391. The highest BCUT2D eigenvalue weighted by Gasteiger charge is 2.19. The number of ether oxygens (including phenoxy) is 1. The normalized spacial score (nSPS) is 12.0. The summed E-state index contributed by atoms with van der Waals surface area (Å²) in [6, 6.07) is 6.85. The minimum absolute atomic E-state index is 0.0525. The van der Waals surface area contributed by atoms with E-state index in [4.69, 9.17) is 16.3 Å². The Hall–Kier alpha value is -2.08. The van der Waals surface area contributed by atoms with Crippen LogP contribution in [-0.4, -0.2) is 45.8 Å². The molecule has 1 heterocycles. The Morgan fingerprint density at radius 3 is 2.90 bits per heavy atom. The second-order valence-corrected chi connectivity index (χ2v) is 5.00. The molecule has 0 N–H and O–H groups in total. The monoisotopic (exact) mass is 308 g/mol. The molecule has 2 aromatic rings. The van der Waals surface area contributed by atoms with Gasteiger partial charge in [-0.1, -0.05) is 23.7 Å². The maximum Gasteiger partial charge on any atom is 0.247 e. The molecule has 0 bridgehead atoms. The van der Waals surface area contributed by atoms with Crippen LogP contribution in [0.25, 0.3) is 0 Å². The molecule has 0 spiro atoms. The van der Waals surface area contributed by atoms with E-state index in [0.717, 1.165) is 0 Å². The van der Waals surface area contributed by atoms with Gasteiger partial charge >= 0.3 is 0 Å². The quantitative estimate of drug-likeness (QED) is 0.819. The number of carbonyl (C=O) groups is 1. The molecule has 0 radical (unpaired) electrons. The largest absolute Gasteiger partial charge is 0.490 e. The van der Waals surface area contributed by atoms with Crippen molar-refractivity contribution in [2.75, 3.05) is 20.2 Å². The van der Waals surface area contributed by atoms with Crippen LogP contribution in [0.1, 0.15) is 13.0 Å². The Morgan fingerprint density at radius 2 is 2.24 bits per heavy atom. The van der Waals surface area contributed by atoms with Gasteiger partial charge in [-0.05, 0) is 19.1 Å². The van der Waals surface area contributed by atoms with Crippen molar-refractivity contribution in [3.8, 4) is 5.75 Å². The predicted molar refractivity (Wildman–Crippen MR) is 79.3 cm³/mol. The molecule has 112 valence electrons. The molecule has 0 aliphatic carbocycles. The summed E-state index contributed by atoms with van der Waals surface area (Å²) in [4.78, 5) is 17.6.